The summed E-state index contributed by atoms with van der Waals surface area (Å²) in [5.41, 5.74) is -0.523. The van der Waals surface area contributed by atoms with Gasteiger partial charge in [0.05, 0.1) is 5.97 Å². The number of nitrogens with zero attached hydrogens (tertiary/aromatic N) is 2. The number of carboxylic acids is 1. The number of carboxylic acid groups (broad SMARTS) is 1. The lowest BCUT2D eigenvalue weighted by Crippen LogP contribution is -2.24. The molecule has 1 N–H and O–H groups in total. The zero-order chi connectivity index (χ0) is 9.14. The predicted octanol–water partition coefficient (Wildman–Crippen LogP) is -1.61. The van der Waals surface area contributed by atoms with Crippen molar-refractivity contribution in [3.8, 4) is 0 Å². The first-order valence-corrected chi connectivity index (χ1v) is 2.92. The molecule has 7 heteroatoms. The van der Waals surface area contributed by atoms with Crippen molar-refractivity contribution in [3.05, 3.63) is 5.69 Å². The normalized spacial score (nSPS) is 9.42. The summed E-state index contributed by atoms with van der Waals surface area (Å²) >= 11 is 0. The highest BCUT2D eigenvalue weighted by Gasteiger charge is 2.11. The Hall–Kier alpha value is -1.92. The Morgan fingerprint density at radius 1 is 1.50 bits per heavy atom. The Bertz CT molecular complexity index is 318. The van der Waals surface area contributed by atoms with Crippen LogP contribution in [0.3, 0.4) is 0 Å². The molecule has 0 bridgehead atoms. The van der Waals surface area contributed by atoms with Gasteiger partial charge in [-0.3, -0.25) is 4.79 Å². The monoisotopic (exact) mass is 170 g/mol. The van der Waals surface area contributed by atoms with E-state index in [-0.39, 0.29) is 5.82 Å². The van der Waals surface area contributed by atoms with Crippen molar-refractivity contribution in [2.45, 2.75) is 6.92 Å². The van der Waals surface area contributed by atoms with Gasteiger partial charge in [-0.2, -0.15) is 0 Å². The van der Waals surface area contributed by atoms with Crippen LogP contribution < -0.4 is 10.4 Å². The lowest BCUT2D eigenvalue weighted by molar-refractivity contribution is -0.255. The van der Waals surface area contributed by atoms with E-state index in [4.69, 9.17) is 0 Å². The van der Waals surface area contributed by atoms with Gasteiger partial charge < -0.3 is 15.2 Å². The molecule has 7 nitrogen and oxygen atoms in total. The van der Waals surface area contributed by atoms with Gasteiger partial charge in [-0.15, -0.1) is 0 Å². The molecule has 0 saturated carbocycles. The van der Waals surface area contributed by atoms with Crippen LogP contribution >= 0.6 is 0 Å². The molecule has 12 heavy (non-hydrogen) atoms. The molecule has 1 aromatic rings. The van der Waals surface area contributed by atoms with Crippen LogP contribution in [0.2, 0.25) is 0 Å². The highest BCUT2D eigenvalue weighted by Crippen LogP contribution is 2.06. The van der Waals surface area contributed by atoms with Crippen LogP contribution in [-0.4, -0.2) is 22.2 Å². The number of aromatic nitrogens is 2. The highest BCUT2D eigenvalue weighted by atomic mass is 16.6. The van der Waals surface area contributed by atoms with Crippen LogP contribution in [0, 0.1) is 0 Å². The number of hydrogen-bond donors (Lipinski definition) is 1. The second kappa shape index (κ2) is 2.99. The topological polar surface area (TPSA) is 108 Å². The molecule has 1 amide bonds. The maximum Gasteiger partial charge on any atom is 0.222 e. The lowest BCUT2D eigenvalue weighted by Gasteiger charge is -1.98. The number of aromatic carboxylic acids is 1. The third-order valence-corrected chi connectivity index (χ3v) is 0.976. The number of anilines is 1. The van der Waals surface area contributed by atoms with E-state index in [9.17, 15) is 14.7 Å². The average molecular weight is 170 g/mol. The molecule has 1 aromatic heterocycles. The number of amides is 1. The maximum absolute atomic E-state index is 10.5. The molecule has 0 atom stereocenters. The molecule has 0 aliphatic rings. The minimum Gasteiger partial charge on any atom is -0.543 e. The molecule has 0 aliphatic carbocycles. The fraction of sp³-hybridized carbons (Fsp3) is 0.200. The van der Waals surface area contributed by atoms with E-state index in [1.165, 1.54) is 6.92 Å². The van der Waals surface area contributed by atoms with Crippen molar-refractivity contribution in [1.82, 2.24) is 10.3 Å². The lowest BCUT2D eigenvalue weighted by atomic mass is 10.4. The summed E-state index contributed by atoms with van der Waals surface area (Å²) in [5, 5.41) is 18.5. The van der Waals surface area contributed by atoms with Crippen molar-refractivity contribution in [3.63, 3.8) is 0 Å². The fourth-order valence-corrected chi connectivity index (χ4v) is 0.571. The van der Waals surface area contributed by atoms with E-state index in [1.807, 2.05) is 0 Å². The van der Waals surface area contributed by atoms with E-state index in [1.54, 1.807) is 0 Å². The van der Waals surface area contributed by atoms with E-state index in [0.717, 1.165) is 0 Å². The Morgan fingerprint density at radius 3 is 2.67 bits per heavy atom. The third kappa shape index (κ3) is 1.57. The second-order valence-corrected chi connectivity index (χ2v) is 1.93. The molecule has 0 unspecified atom stereocenters. The smallest absolute Gasteiger partial charge is 0.222 e. The molecule has 0 saturated heterocycles. The molecule has 1 heterocycles. The Balaban J connectivity index is 2.91. The molecule has 0 aromatic carbocycles. The molecule has 0 spiro atoms. The van der Waals surface area contributed by atoms with Gasteiger partial charge in [-0.25, -0.2) is 4.63 Å². The van der Waals surface area contributed by atoms with Gasteiger partial charge in [0.15, 0.2) is 5.69 Å². The minimum atomic E-state index is -1.56. The standard InChI is InChI=1S/C5H5N3O4/c1-2(9)6-4-3(5(10)11)7-12-8-4/h1H3,(H,10,11)(H,6,8,9)/p-1. The Morgan fingerprint density at radius 2 is 2.17 bits per heavy atom. The number of carbonyl (C=O) groups excluding carboxylic acids is 2. The van der Waals surface area contributed by atoms with Gasteiger partial charge in [0.1, 0.15) is 0 Å². The molecule has 64 valence electrons. The van der Waals surface area contributed by atoms with E-state index < -0.39 is 17.6 Å². The first-order valence-electron chi connectivity index (χ1n) is 2.92. The molecule has 0 fully saturated rings. The zero-order valence-corrected chi connectivity index (χ0v) is 6.03. The van der Waals surface area contributed by atoms with Crippen molar-refractivity contribution in [2.24, 2.45) is 0 Å². The van der Waals surface area contributed by atoms with Crippen LogP contribution in [-0.2, 0) is 4.79 Å². The van der Waals surface area contributed by atoms with Gasteiger partial charge in [0, 0.05) is 6.92 Å². The van der Waals surface area contributed by atoms with E-state index >= 15 is 0 Å². The zero-order valence-electron chi connectivity index (χ0n) is 6.03. The van der Waals surface area contributed by atoms with Crippen LogP contribution in [0.15, 0.2) is 4.63 Å². The quantitative estimate of drug-likeness (QED) is 0.572. The van der Waals surface area contributed by atoms with Crippen molar-refractivity contribution in [1.29, 1.82) is 0 Å². The number of carbonyl (C=O) groups is 2. The predicted molar refractivity (Wildman–Crippen MR) is 32.9 cm³/mol. The van der Waals surface area contributed by atoms with E-state index in [0.29, 0.717) is 0 Å². The Labute approximate surface area is 66.3 Å². The van der Waals surface area contributed by atoms with Crippen LogP contribution in [0.1, 0.15) is 17.4 Å². The molecular formula is C5H4N3O4-. The van der Waals surface area contributed by atoms with Crippen LogP contribution in [0.5, 0.6) is 0 Å². The summed E-state index contributed by atoms with van der Waals surface area (Å²) in [4.78, 5) is 20.7. The third-order valence-electron chi connectivity index (χ3n) is 0.976. The van der Waals surface area contributed by atoms with Crippen molar-refractivity contribution < 1.29 is 19.3 Å². The fourth-order valence-electron chi connectivity index (χ4n) is 0.571. The highest BCUT2D eigenvalue weighted by molar-refractivity contribution is 5.95. The minimum absolute atomic E-state index is 0.248. The first-order chi connectivity index (χ1) is 5.61. The summed E-state index contributed by atoms with van der Waals surface area (Å²) in [6.07, 6.45) is 0. The SMILES string of the molecule is CC(=O)Nc1nonc1C(=O)[O-]. The molecule has 1 rings (SSSR count). The summed E-state index contributed by atoms with van der Waals surface area (Å²) < 4.78 is 4.07. The Kier molecular flexibility index (Phi) is 2.04. The van der Waals surface area contributed by atoms with Gasteiger partial charge >= 0.3 is 0 Å². The largest absolute Gasteiger partial charge is 0.543 e. The van der Waals surface area contributed by atoms with Gasteiger partial charge in [-0.05, 0) is 10.3 Å². The van der Waals surface area contributed by atoms with Gasteiger partial charge in [0.2, 0.25) is 11.7 Å². The van der Waals surface area contributed by atoms with Crippen LogP contribution in [0.25, 0.3) is 0 Å². The second-order valence-electron chi connectivity index (χ2n) is 1.93. The van der Waals surface area contributed by atoms with Crippen molar-refractivity contribution >= 4 is 17.7 Å². The molecular weight excluding hydrogens is 166 g/mol. The first kappa shape index (κ1) is 8.18. The van der Waals surface area contributed by atoms with E-state index in [2.05, 4.69) is 20.3 Å². The van der Waals surface area contributed by atoms with Gasteiger partial charge in [-0.1, -0.05) is 0 Å². The van der Waals surface area contributed by atoms with Crippen LogP contribution in [0.4, 0.5) is 5.82 Å². The summed E-state index contributed by atoms with van der Waals surface area (Å²) in [5.74, 6) is -2.27. The number of rotatable bonds is 2. The average Bonchev–Trinajstić information content (AvgIpc) is 2.33. The summed E-state index contributed by atoms with van der Waals surface area (Å²) in [7, 11) is 0. The van der Waals surface area contributed by atoms with Crippen molar-refractivity contribution in [2.75, 3.05) is 5.32 Å². The summed E-state index contributed by atoms with van der Waals surface area (Å²) in [6.45, 7) is 1.20. The summed E-state index contributed by atoms with van der Waals surface area (Å²) in [6, 6.07) is 0. The maximum atomic E-state index is 10.5. The van der Waals surface area contributed by atoms with Gasteiger partial charge in [0.25, 0.3) is 0 Å². The molecule has 0 aliphatic heterocycles. The number of hydrogen-bond acceptors (Lipinski definition) is 6. The number of nitrogens with one attached hydrogen (secondary N) is 1. The molecule has 0 radical (unpaired) electrons.